The quantitative estimate of drug-likeness (QED) is 0.856. The zero-order valence-corrected chi connectivity index (χ0v) is 14.6. The number of aliphatic hydroxyl groups is 1. The molecule has 0 aromatic carbocycles. The van der Waals surface area contributed by atoms with Crippen LogP contribution in [0.5, 0.6) is 0 Å². The number of nitrogens with zero attached hydrogens (tertiary/aromatic N) is 2. The maximum Gasteiger partial charge on any atom is 0.257 e. The van der Waals surface area contributed by atoms with E-state index in [0.29, 0.717) is 44.2 Å². The van der Waals surface area contributed by atoms with Gasteiger partial charge in [-0.3, -0.25) is 9.69 Å². The van der Waals surface area contributed by atoms with Crippen LogP contribution in [0.2, 0.25) is 0 Å². The number of rotatable bonds is 6. The van der Waals surface area contributed by atoms with Crippen LogP contribution in [-0.4, -0.2) is 72.9 Å². The SMILES string of the molecule is CCOC[C@@H](O)CN1CCN(C(=O)c2c(C)oc(C)c2C)CC1. The Hall–Kier alpha value is -1.37. The molecule has 1 aromatic heterocycles. The number of carbonyl (C=O) groups excluding carboxylic acids is 1. The van der Waals surface area contributed by atoms with Crippen molar-refractivity contribution >= 4 is 5.91 Å². The first-order chi connectivity index (χ1) is 10.9. The number of ether oxygens (including phenoxy) is 1. The van der Waals surface area contributed by atoms with Crippen molar-refractivity contribution in [1.82, 2.24) is 9.80 Å². The predicted octanol–water partition coefficient (Wildman–Crippen LogP) is 1.36. The molecule has 1 atom stereocenters. The van der Waals surface area contributed by atoms with E-state index in [4.69, 9.17) is 9.15 Å². The van der Waals surface area contributed by atoms with Crippen molar-refractivity contribution in [1.29, 1.82) is 0 Å². The number of aliphatic hydroxyl groups excluding tert-OH is 1. The predicted molar refractivity (Wildman–Crippen MR) is 87.8 cm³/mol. The third kappa shape index (κ3) is 4.34. The van der Waals surface area contributed by atoms with Crippen molar-refractivity contribution in [2.75, 3.05) is 45.9 Å². The smallest absolute Gasteiger partial charge is 0.257 e. The average Bonchev–Trinajstić information content (AvgIpc) is 2.78. The first kappa shape index (κ1) is 18.0. The summed E-state index contributed by atoms with van der Waals surface area (Å²) in [6.07, 6.45) is -0.474. The van der Waals surface area contributed by atoms with Crippen molar-refractivity contribution in [3.8, 4) is 0 Å². The lowest BCUT2D eigenvalue weighted by Gasteiger charge is -2.35. The topological polar surface area (TPSA) is 66.2 Å². The summed E-state index contributed by atoms with van der Waals surface area (Å²) < 4.78 is 10.8. The highest BCUT2D eigenvalue weighted by Crippen LogP contribution is 2.22. The summed E-state index contributed by atoms with van der Waals surface area (Å²) in [6.45, 7) is 12.0. The molecular weight excluding hydrogens is 296 g/mol. The van der Waals surface area contributed by atoms with Gasteiger partial charge in [0.05, 0.1) is 18.3 Å². The molecule has 0 aliphatic carbocycles. The van der Waals surface area contributed by atoms with Gasteiger partial charge in [0, 0.05) is 44.9 Å². The first-order valence-electron chi connectivity index (χ1n) is 8.28. The third-order valence-electron chi connectivity index (χ3n) is 4.42. The summed E-state index contributed by atoms with van der Waals surface area (Å²) in [6, 6.07) is 0. The van der Waals surface area contributed by atoms with Gasteiger partial charge < -0.3 is 19.2 Å². The molecule has 6 heteroatoms. The molecule has 1 saturated heterocycles. The molecule has 1 amide bonds. The number of furan rings is 1. The minimum atomic E-state index is -0.474. The summed E-state index contributed by atoms with van der Waals surface area (Å²) in [5.74, 6) is 1.55. The number of hydrogen-bond acceptors (Lipinski definition) is 5. The van der Waals surface area contributed by atoms with E-state index >= 15 is 0 Å². The minimum Gasteiger partial charge on any atom is -0.466 e. The van der Waals surface area contributed by atoms with Crippen LogP contribution in [0.15, 0.2) is 4.42 Å². The van der Waals surface area contributed by atoms with Crippen LogP contribution >= 0.6 is 0 Å². The Bertz CT molecular complexity index is 533. The molecule has 0 bridgehead atoms. The molecule has 1 aromatic rings. The second kappa shape index (κ2) is 7.95. The number of hydrogen-bond donors (Lipinski definition) is 1. The van der Waals surface area contributed by atoms with Crippen molar-refractivity contribution in [2.45, 2.75) is 33.8 Å². The molecule has 0 unspecified atom stereocenters. The van der Waals surface area contributed by atoms with Crippen molar-refractivity contribution in [3.63, 3.8) is 0 Å². The maximum atomic E-state index is 12.7. The van der Waals surface area contributed by atoms with E-state index in [2.05, 4.69) is 4.90 Å². The van der Waals surface area contributed by atoms with Crippen molar-refractivity contribution in [2.24, 2.45) is 0 Å². The molecule has 6 nitrogen and oxygen atoms in total. The molecule has 23 heavy (non-hydrogen) atoms. The van der Waals surface area contributed by atoms with Gasteiger partial charge in [0.1, 0.15) is 11.5 Å². The third-order valence-corrected chi connectivity index (χ3v) is 4.42. The van der Waals surface area contributed by atoms with Crippen LogP contribution in [0.4, 0.5) is 0 Å². The molecule has 1 fully saturated rings. The van der Waals surface area contributed by atoms with Crippen LogP contribution in [0.3, 0.4) is 0 Å². The van der Waals surface area contributed by atoms with Crippen molar-refractivity contribution < 1.29 is 19.1 Å². The van der Waals surface area contributed by atoms with E-state index in [0.717, 1.165) is 24.4 Å². The lowest BCUT2D eigenvalue weighted by atomic mass is 10.1. The van der Waals surface area contributed by atoms with Crippen molar-refractivity contribution in [3.05, 3.63) is 22.6 Å². The number of piperazine rings is 1. The Labute approximate surface area is 138 Å². The monoisotopic (exact) mass is 324 g/mol. The van der Waals surface area contributed by atoms with E-state index in [1.807, 2.05) is 32.6 Å². The Morgan fingerprint density at radius 1 is 1.22 bits per heavy atom. The fraction of sp³-hybridized carbons (Fsp3) is 0.706. The van der Waals surface area contributed by atoms with Crippen LogP contribution in [0.1, 0.15) is 34.4 Å². The Kier molecular flexibility index (Phi) is 6.21. The number of amides is 1. The van der Waals surface area contributed by atoms with E-state index < -0.39 is 6.10 Å². The molecular formula is C17H28N2O4. The molecule has 0 saturated carbocycles. The highest BCUT2D eigenvalue weighted by molar-refractivity contribution is 5.97. The molecule has 1 aliphatic rings. The van der Waals surface area contributed by atoms with Crippen LogP contribution in [-0.2, 0) is 4.74 Å². The normalized spacial score (nSPS) is 17.5. The number of β-amino-alcohol motifs (C(OH)–C–C–N with tert-alkyl or cyclic N) is 1. The van der Waals surface area contributed by atoms with E-state index in [-0.39, 0.29) is 5.91 Å². The van der Waals surface area contributed by atoms with Gasteiger partial charge in [0.2, 0.25) is 0 Å². The Morgan fingerprint density at radius 2 is 1.87 bits per heavy atom. The number of aryl methyl sites for hydroxylation is 2. The molecule has 0 radical (unpaired) electrons. The number of carbonyl (C=O) groups is 1. The summed E-state index contributed by atoms with van der Waals surface area (Å²) in [5, 5.41) is 9.90. The second-order valence-electron chi connectivity index (χ2n) is 6.12. The summed E-state index contributed by atoms with van der Waals surface area (Å²) in [7, 11) is 0. The standard InChI is InChI=1S/C17H28N2O4/c1-5-22-11-15(20)10-18-6-8-19(9-7-18)17(21)16-12(2)13(3)23-14(16)4/h15,20H,5-11H2,1-4H3/t15-/m0/s1. The summed E-state index contributed by atoms with van der Waals surface area (Å²) in [4.78, 5) is 16.7. The lowest BCUT2D eigenvalue weighted by molar-refractivity contribution is 0.0111. The largest absolute Gasteiger partial charge is 0.466 e. The van der Waals surface area contributed by atoms with Gasteiger partial charge in [-0.05, 0) is 27.7 Å². The highest BCUT2D eigenvalue weighted by Gasteiger charge is 2.27. The first-order valence-corrected chi connectivity index (χ1v) is 8.28. The molecule has 1 aliphatic heterocycles. The van der Waals surface area contributed by atoms with E-state index in [1.165, 1.54) is 0 Å². The van der Waals surface area contributed by atoms with E-state index in [9.17, 15) is 9.90 Å². The van der Waals surface area contributed by atoms with Gasteiger partial charge in [-0.2, -0.15) is 0 Å². The Balaban J connectivity index is 1.88. The summed E-state index contributed by atoms with van der Waals surface area (Å²) in [5.41, 5.74) is 1.63. The summed E-state index contributed by atoms with van der Waals surface area (Å²) >= 11 is 0. The maximum absolute atomic E-state index is 12.7. The van der Waals surface area contributed by atoms with Crippen LogP contribution in [0, 0.1) is 20.8 Å². The van der Waals surface area contributed by atoms with Crippen LogP contribution in [0.25, 0.3) is 0 Å². The van der Waals surface area contributed by atoms with Crippen LogP contribution < -0.4 is 0 Å². The van der Waals surface area contributed by atoms with Gasteiger partial charge in [-0.1, -0.05) is 0 Å². The van der Waals surface area contributed by atoms with Gasteiger partial charge in [0.25, 0.3) is 5.91 Å². The lowest BCUT2D eigenvalue weighted by Crippen LogP contribution is -2.51. The molecule has 0 spiro atoms. The zero-order chi connectivity index (χ0) is 17.0. The molecule has 130 valence electrons. The minimum absolute atomic E-state index is 0.0476. The second-order valence-corrected chi connectivity index (χ2v) is 6.12. The highest BCUT2D eigenvalue weighted by atomic mass is 16.5. The molecule has 2 rings (SSSR count). The molecule has 2 heterocycles. The van der Waals surface area contributed by atoms with E-state index in [1.54, 1.807) is 0 Å². The van der Waals surface area contributed by atoms with Gasteiger partial charge in [-0.25, -0.2) is 0 Å². The Morgan fingerprint density at radius 3 is 2.39 bits per heavy atom. The van der Waals surface area contributed by atoms with Gasteiger partial charge >= 0.3 is 0 Å². The fourth-order valence-electron chi connectivity index (χ4n) is 3.00. The van der Waals surface area contributed by atoms with Gasteiger partial charge in [-0.15, -0.1) is 0 Å². The molecule has 1 N–H and O–H groups in total. The average molecular weight is 324 g/mol. The van der Waals surface area contributed by atoms with Gasteiger partial charge in [0.15, 0.2) is 0 Å². The zero-order valence-electron chi connectivity index (χ0n) is 14.6. The fourth-order valence-corrected chi connectivity index (χ4v) is 3.00.